The molecule has 19 heteroatoms. The minimum absolute atomic E-state index is 0.0496. The molecular weight excluding hydrogens is 815 g/mol. The summed E-state index contributed by atoms with van der Waals surface area (Å²) in [5, 5.41) is 9.02. The average Bonchev–Trinajstić information content (AvgIpc) is 3.95. The topological polar surface area (TPSA) is 204 Å². The molecule has 2 aromatic heterocycles. The Bertz CT molecular complexity index is 2010. The van der Waals surface area contributed by atoms with E-state index in [2.05, 4.69) is 58.2 Å². The number of allylic oxidation sites excluding steroid dienone is 1. The molecule has 3 N–H and O–H groups in total. The van der Waals surface area contributed by atoms with Crippen molar-refractivity contribution in [3.8, 4) is 5.75 Å². The van der Waals surface area contributed by atoms with Crippen LogP contribution in [0.15, 0.2) is 51.5 Å². The zero-order valence-electron chi connectivity index (χ0n) is 34.3. The van der Waals surface area contributed by atoms with Gasteiger partial charge in [0.15, 0.2) is 5.13 Å². The third-order valence-corrected chi connectivity index (χ3v) is 12.1. The predicted molar refractivity (Wildman–Crippen MR) is 223 cm³/mol. The summed E-state index contributed by atoms with van der Waals surface area (Å²) in [5.41, 5.74) is 0.820. The smallest absolute Gasteiger partial charge is 0.266 e. The number of piperidine rings is 2. The Labute approximate surface area is 357 Å². The van der Waals surface area contributed by atoms with E-state index in [-0.39, 0.29) is 59.8 Å². The number of likely N-dealkylation sites (tertiary alicyclic amines) is 1. The van der Waals surface area contributed by atoms with Gasteiger partial charge in [0.05, 0.1) is 79.7 Å². The van der Waals surface area contributed by atoms with Crippen molar-refractivity contribution in [1.82, 2.24) is 30.4 Å². The largest absolute Gasteiger partial charge is 0.490 e. The molecule has 3 aliphatic heterocycles. The highest BCUT2D eigenvalue weighted by atomic mass is 32.2. The van der Waals surface area contributed by atoms with Gasteiger partial charge in [-0.25, -0.2) is 9.97 Å². The Balaban J connectivity index is 0.749. The number of oxazole rings is 1. The Morgan fingerprint density at radius 3 is 2.38 bits per heavy atom. The first-order chi connectivity index (χ1) is 28.9. The fraction of sp³-hybridized carbons (Fsp3) is 0.537. The maximum absolute atomic E-state index is 13.2. The molecule has 17 nitrogen and oxygen atoms in total. The first kappa shape index (κ1) is 44.9. The lowest BCUT2D eigenvalue weighted by atomic mass is 9.94. The van der Waals surface area contributed by atoms with Crippen LogP contribution in [0.4, 0.5) is 5.13 Å². The van der Waals surface area contributed by atoms with E-state index in [4.69, 9.17) is 23.4 Å². The van der Waals surface area contributed by atoms with Gasteiger partial charge < -0.3 is 39.3 Å². The molecule has 3 aromatic rings. The molecule has 0 bridgehead atoms. The lowest BCUT2D eigenvalue weighted by molar-refractivity contribution is -0.126. The zero-order valence-corrected chi connectivity index (χ0v) is 35.9. The second-order valence-corrected chi connectivity index (χ2v) is 17.8. The summed E-state index contributed by atoms with van der Waals surface area (Å²) in [6.45, 7) is 14.0. The van der Waals surface area contributed by atoms with E-state index in [1.165, 1.54) is 11.3 Å². The molecule has 1 atom stereocenters. The van der Waals surface area contributed by atoms with Gasteiger partial charge in [0.1, 0.15) is 24.2 Å². The number of ether oxygens (including phenoxy) is 4. The minimum Gasteiger partial charge on any atom is -0.490 e. The summed E-state index contributed by atoms with van der Waals surface area (Å²) in [7, 11) is 0. The summed E-state index contributed by atoms with van der Waals surface area (Å²) in [6.07, 6.45) is 5.65. The second kappa shape index (κ2) is 21.2. The summed E-state index contributed by atoms with van der Waals surface area (Å²) in [4.78, 5) is 76.0. The molecular formula is C41H53N7O10S2. The van der Waals surface area contributed by atoms with Crippen molar-refractivity contribution in [2.45, 2.75) is 67.9 Å². The van der Waals surface area contributed by atoms with Crippen LogP contribution in [0.3, 0.4) is 0 Å². The minimum atomic E-state index is -0.892. The highest BCUT2D eigenvalue weighted by Crippen LogP contribution is 2.35. The van der Waals surface area contributed by atoms with Gasteiger partial charge in [0, 0.05) is 23.6 Å². The summed E-state index contributed by atoms with van der Waals surface area (Å²) in [5.74, 6) is 0.571. The van der Waals surface area contributed by atoms with Crippen molar-refractivity contribution < 1.29 is 47.3 Å². The molecule has 1 unspecified atom stereocenters. The quantitative estimate of drug-likeness (QED) is 0.0788. The molecule has 5 heterocycles. The van der Waals surface area contributed by atoms with E-state index >= 15 is 0 Å². The van der Waals surface area contributed by atoms with E-state index in [1.54, 1.807) is 42.4 Å². The molecule has 0 radical (unpaired) electrons. The molecule has 0 saturated carbocycles. The number of nitrogens with zero attached hydrogens (tertiary/aromatic N) is 4. The maximum Gasteiger partial charge on any atom is 0.266 e. The Kier molecular flexibility index (Phi) is 15.9. The van der Waals surface area contributed by atoms with Gasteiger partial charge in [-0.15, -0.1) is 11.8 Å². The molecule has 2 fully saturated rings. The standard InChI is InChI=1S/C41H53N7O10S2/c1-26-8-9-29(37(51)45-26)48-38(52)28-6-5-7-30(35(28)39(48)53)57-21-20-56-19-18-55-17-16-54-15-12-42-32(49)24-47-13-10-27(11-14-47)36(50)46-40-44-23-34(60-40)59-25-33-43-22-31(58-33)41(2,3)4/h5-7,22-23,27,29H,1,8-21,24-25H2,2-4H3,(H,42,49)(H,45,51)(H,44,46,50). The number of hydrogen-bond donors (Lipinski definition) is 3. The number of anilines is 1. The SMILES string of the molecule is C=C1CCC(N2C(=O)c3cccc(OCCOCCOCCOCCNC(=O)CN4CCC(C(=O)Nc5ncc(SCc6ncc(C(C)(C)C)o6)s5)CC4)c3C2=O)C(=O)N1. The number of nitrogens with one attached hydrogen (secondary N) is 3. The molecule has 5 amide bonds. The summed E-state index contributed by atoms with van der Waals surface area (Å²) in [6, 6.07) is 3.91. The molecule has 0 aliphatic carbocycles. The normalized spacial score (nSPS) is 17.5. The van der Waals surface area contributed by atoms with E-state index in [0.29, 0.717) is 101 Å². The van der Waals surface area contributed by atoms with Crippen molar-refractivity contribution in [2.75, 3.05) is 77.7 Å². The fourth-order valence-corrected chi connectivity index (χ4v) is 8.49. The maximum atomic E-state index is 13.2. The first-order valence-electron chi connectivity index (χ1n) is 20.1. The number of carbonyl (C=O) groups excluding carboxylic acids is 5. The summed E-state index contributed by atoms with van der Waals surface area (Å²) < 4.78 is 29.3. The number of thioether (sulfide) groups is 1. The number of rotatable bonds is 21. The van der Waals surface area contributed by atoms with Crippen LogP contribution in [0.2, 0.25) is 0 Å². The molecule has 324 valence electrons. The Morgan fingerprint density at radius 2 is 1.68 bits per heavy atom. The van der Waals surface area contributed by atoms with Gasteiger partial charge in [0.2, 0.25) is 23.6 Å². The molecule has 60 heavy (non-hydrogen) atoms. The lowest BCUT2D eigenvalue weighted by Gasteiger charge is -2.30. The van der Waals surface area contributed by atoms with Crippen LogP contribution in [0, 0.1) is 5.92 Å². The van der Waals surface area contributed by atoms with Gasteiger partial charge in [-0.05, 0) is 50.9 Å². The van der Waals surface area contributed by atoms with Crippen LogP contribution in [0.1, 0.15) is 78.8 Å². The van der Waals surface area contributed by atoms with Crippen LogP contribution < -0.4 is 20.7 Å². The van der Waals surface area contributed by atoms with E-state index in [1.807, 2.05) is 0 Å². The third kappa shape index (κ3) is 12.2. The van der Waals surface area contributed by atoms with Gasteiger partial charge in [-0.1, -0.05) is 44.8 Å². The lowest BCUT2D eigenvalue weighted by Crippen LogP contribution is -2.51. The van der Waals surface area contributed by atoms with Crippen molar-refractivity contribution in [3.63, 3.8) is 0 Å². The highest BCUT2D eigenvalue weighted by molar-refractivity contribution is 8.00. The predicted octanol–water partition coefficient (Wildman–Crippen LogP) is 4.00. The number of carbonyl (C=O) groups is 5. The van der Waals surface area contributed by atoms with Crippen molar-refractivity contribution in [1.29, 1.82) is 0 Å². The van der Waals surface area contributed by atoms with Crippen molar-refractivity contribution in [3.05, 3.63) is 65.6 Å². The number of amides is 5. The third-order valence-electron chi connectivity index (χ3n) is 10.0. The highest BCUT2D eigenvalue weighted by Gasteiger charge is 2.45. The molecule has 0 spiro atoms. The number of imide groups is 1. The first-order valence-corrected chi connectivity index (χ1v) is 21.9. The number of hydrogen-bond acceptors (Lipinski definition) is 15. The monoisotopic (exact) mass is 867 g/mol. The number of benzene rings is 1. The van der Waals surface area contributed by atoms with E-state index in [9.17, 15) is 24.0 Å². The van der Waals surface area contributed by atoms with Gasteiger partial charge in [0.25, 0.3) is 11.8 Å². The molecule has 2 saturated heterocycles. The van der Waals surface area contributed by atoms with Crippen LogP contribution in [0.25, 0.3) is 0 Å². The molecule has 6 rings (SSSR count). The van der Waals surface area contributed by atoms with Gasteiger partial charge in [-0.2, -0.15) is 0 Å². The van der Waals surface area contributed by atoms with Gasteiger partial charge >= 0.3 is 0 Å². The number of aromatic nitrogens is 2. The molecule has 1 aromatic carbocycles. The average molecular weight is 868 g/mol. The summed E-state index contributed by atoms with van der Waals surface area (Å²) >= 11 is 2.99. The Hall–Kier alpha value is -4.66. The second-order valence-electron chi connectivity index (χ2n) is 15.5. The Morgan fingerprint density at radius 1 is 0.967 bits per heavy atom. The zero-order chi connectivity index (χ0) is 42.6. The van der Waals surface area contributed by atoms with E-state index in [0.717, 1.165) is 14.9 Å². The van der Waals surface area contributed by atoms with Crippen LogP contribution >= 0.6 is 23.1 Å². The van der Waals surface area contributed by atoms with Crippen LogP contribution in [-0.2, 0) is 39.8 Å². The van der Waals surface area contributed by atoms with Crippen molar-refractivity contribution >= 4 is 57.8 Å². The van der Waals surface area contributed by atoms with Crippen LogP contribution in [-0.4, -0.2) is 128 Å². The fourth-order valence-electron chi connectivity index (χ4n) is 6.76. The molecule has 3 aliphatic rings. The van der Waals surface area contributed by atoms with Gasteiger partial charge in [-0.3, -0.25) is 33.8 Å². The number of fused-ring (bicyclic) bond motifs is 1. The van der Waals surface area contributed by atoms with Crippen LogP contribution in [0.5, 0.6) is 5.75 Å². The number of thiazole rings is 1. The van der Waals surface area contributed by atoms with E-state index < -0.39 is 23.8 Å². The van der Waals surface area contributed by atoms with Crippen molar-refractivity contribution in [2.24, 2.45) is 5.92 Å².